The van der Waals surface area contributed by atoms with E-state index in [-0.39, 0.29) is 24.4 Å². The van der Waals surface area contributed by atoms with Crippen LogP contribution in [0.2, 0.25) is 0 Å². The van der Waals surface area contributed by atoms with Gasteiger partial charge in [0.25, 0.3) is 5.91 Å². The minimum atomic E-state index is -0.681. The first kappa shape index (κ1) is 23.7. The van der Waals surface area contributed by atoms with Crippen LogP contribution in [-0.2, 0) is 9.59 Å². The molecule has 1 aromatic rings. The topological polar surface area (TPSA) is 59.1 Å². The number of nitrogens with zero attached hydrogens (tertiary/aromatic N) is 2. The number of rotatable bonds is 7. The van der Waals surface area contributed by atoms with E-state index in [1.165, 1.54) is 18.4 Å². The van der Waals surface area contributed by atoms with Crippen LogP contribution >= 0.6 is 0 Å². The van der Waals surface area contributed by atoms with E-state index >= 15 is 0 Å². The minimum Gasteiger partial charge on any atom is -0.493 e. The van der Waals surface area contributed by atoms with Crippen LogP contribution in [0, 0.1) is 5.92 Å². The Kier molecular flexibility index (Phi) is 7.61. The number of hydrogen-bond donors (Lipinski definition) is 0. The quantitative estimate of drug-likeness (QED) is 0.551. The van der Waals surface area contributed by atoms with Crippen molar-refractivity contribution in [3.63, 3.8) is 0 Å². The second-order valence-corrected chi connectivity index (χ2v) is 9.81. The van der Waals surface area contributed by atoms with Crippen molar-refractivity contribution in [1.29, 1.82) is 0 Å². The monoisotopic (exact) mass is 454 g/mol. The van der Waals surface area contributed by atoms with E-state index in [1.807, 2.05) is 23.1 Å². The molecular weight excluding hydrogens is 416 g/mol. The molecule has 0 N–H and O–H groups in total. The van der Waals surface area contributed by atoms with Gasteiger partial charge in [-0.1, -0.05) is 30.7 Å². The molecule has 4 rings (SSSR count). The maximum Gasteiger partial charge on any atom is 0.250 e. The van der Waals surface area contributed by atoms with E-state index < -0.39 is 6.04 Å². The molecule has 1 aromatic carbocycles. The summed E-state index contributed by atoms with van der Waals surface area (Å²) in [4.78, 5) is 31.2. The van der Waals surface area contributed by atoms with E-state index in [0.29, 0.717) is 29.5 Å². The Hall–Kier alpha value is -2.50. The molecule has 6 heteroatoms. The largest absolute Gasteiger partial charge is 0.493 e. The van der Waals surface area contributed by atoms with Crippen molar-refractivity contribution in [2.45, 2.75) is 76.8 Å². The number of methoxy groups -OCH3 is 2. The zero-order valence-electron chi connectivity index (χ0n) is 20.3. The number of para-hydroxylation sites is 1. The third kappa shape index (κ3) is 5.04. The first-order chi connectivity index (χ1) is 16.0. The van der Waals surface area contributed by atoms with E-state index in [0.717, 1.165) is 44.9 Å². The zero-order chi connectivity index (χ0) is 23.4. The number of amides is 2. The van der Waals surface area contributed by atoms with Gasteiger partial charge in [0.2, 0.25) is 5.91 Å². The third-order valence-corrected chi connectivity index (χ3v) is 7.67. The Morgan fingerprint density at radius 3 is 2.48 bits per heavy atom. The normalized spacial score (nSPS) is 26.3. The van der Waals surface area contributed by atoms with Crippen molar-refractivity contribution in [3.05, 3.63) is 35.4 Å². The van der Waals surface area contributed by atoms with Crippen molar-refractivity contribution < 1.29 is 19.1 Å². The van der Waals surface area contributed by atoms with E-state index in [9.17, 15) is 9.59 Å². The summed E-state index contributed by atoms with van der Waals surface area (Å²) in [6, 6.07) is 5.06. The zero-order valence-corrected chi connectivity index (χ0v) is 20.3. The molecule has 33 heavy (non-hydrogen) atoms. The summed E-state index contributed by atoms with van der Waals surface area (Å²) in [7, 11) is 3.19. The van der Waals surface area contributed by atoms with Gasteiger partial charge in [-0.3, -0.25) is 9.59 Å². The predicted molar refractivity (Wildman–Crippen MR) is 128 cm³/mol. The molecule has 2 amide bonds. The Bertz CT molecular complexity index is 888. The SMILES string of the molecule is COc1cccc([C@H]2C(=O)N(C3CCC(C)CC3)CC(=O)N2CCC2=CCCCC2)c1OC. The van der Waals surface area contributed by atoms with Gasteiger partial charge in [-0.25, -0.2) is 0 Å². The molecule has 1 saturated carbocycles. The maximum absolute atomic E-state index is 14.0. The van der Waals surface area contributed by atoms with Crippen molar-refractivity contribution in [3.8, 4) is 11.5 Å². The highest BCUT2D eigenvalue weighted by Crippen LogP contribution is 2.41. The van der Waals surface area contributed by atoms with Crippen LogP contribution in [0.15, 0.2) is 29.8 Å². The minimum absolute atomic E-state index is 0.0123. The lowest BCUT2D eigenvalue weighted by molar-refractivity contribution is -0.159. The van der Waals surface area contributed by atoms with Crippen LogP contribution in [0.5, 0.6) is 11.5 Å². The van der Waals surface area contributed by atoms with Crippen LogP contribution in [-0.4, -0.2) is 55.0 Å². The van der Waals surface area contributed by atoms with Crippen molar-refractivity contribution >= 4 is 11.8 Å². The first-order valence-electron chi connectivity index (χ1n) is 12.5. The number of hydrogen-bond acceptors (Lipinski definition) is 4. The lowest BCUT2D eigenvalue weighted by atomic mass is 9.85. The van der Waals surface area contributed by atoms with Crippen LogP contribution in [0.1, 0.15) is 76.3 Å². The Labute approximate surface area is 197 Å². The fraction of sp³-hybridized carbons (Fsp3) is 0.630. The van der Waals surface area contributed by atoms with Crippen LogP contribution in [0.3, 0.4) is 0 Å². The van der Waals surface area contributed by atoms with Crippen molar-refractivity contribution in [2.24, 2.45) is 5.92 Å². The Morgan fingerprint density at radius 1 is 1.03 bits per heavy atom. The van der Waals surface area contributed by atoms with Crippen LogP contribution < -0.4 is 9.47 Å². The smallest absolute Gasteiger partial charge is 0.250 e. The molecular formula is C27H38N2O4. The summed E-state index contributed by atoms with van der Waals surface area (Å²) < 4.78 is 11.2. The molecule has 0 radical (unpaired) electrons. The number of piperazine rings is 1. The third-order valence-electron chi connectivity index (χ3n) is 7.67. The van der Waals surface area contributed by atoms with Crippen molar-refractivity contribution in [2.75, 3.05) is 27.3 Å². The average Bonchev–Trinajstić information content (AvgIpc) is 2.85. The van der Waals surface area contributed by atoms with Gasteiger partial charge in [0.15, 0.2) is 11.5 Å². The van der Waals surface area contributed by atoms with Gasteiger partial charge < -0.3 is 19.3 Å². The van der Waals surface area contributed by atoms with Crippen LogP contribution in [0.4, 0.5) is 0 Å². The Morgan fingerprint density at radius 2 is 1.82 bits per heavy atom. The summed E-state index contributed by atoms with van der Waals surface area (Å²) in [6.07, 6.45) is 11.9. The van der Waals surface area contributed by atoms with E-state index in [2.05, 4.69) is 13.0 Å². The number of allylic oxidation sites excluding steroid dienone is 1. The van der Waals surface area contributed by atoms with Gasteiger partial charge in [0.05, 0.1) is 14.2 Å². The number of carbonyl (C=O) groups is 2. The molecule has 2 aliphatic carbocycles. The summed E-state index contributed by atoms with van der Waals surface area (Å²) in [6.45, 7) is 3.00. The lowest BCUT2D eigenvalue weighted by Gasteiger charge is -2.45. The molecule has 180 valence electrons. The average molecular weight is 455 g/mol. The molecule has 3 aliphatic rings. The highest BCUT2D eigenvalue weighted by molar-refractivity contribution is 5.96. The Balaban J connectivity index is 1.66. The first-order valence-corrected chi connectivity index (χ1v) is 12.5. The number of benzene rings is 1. The van der Waals surface area contributed by atoms with Gasteiger partial charge in [-0.15, -0.1) is 0 Å². The van der Waals surface area contributed by atoms with Gasteiger partial charge in [0.1, 0.15) is 12.6 Å². The van der Waals surface area contributed by atoms with Crippen LogP contribution in [0.25, 0.3) is 0 Å². The number of ether oxygens (including phenoxy) is 2. The summed E-state index contributed by atoms with van der Waals surface area (Å²) in [5.41, 5.74) is 2.11. The summed E-state index contributed by atoms with van der Waals surface area (Å²) in [5, 5.41) is 0. The standard InChI is InChI=1S/C27H38N2O4/c1-19-12-14-21(15-13-19)29-18-24(30)28(17-16-20-8-5-4-6-9-20)25(27(29)31)22-10-7-11-23(32-2)26(22)33-3/h7-8,10-11,19,21,25H,4-6,9,12-18H2,1-3H3/t19?,21?,25-/m0/s1. The predicted octanol–water partition coefficient (Wildman–Crippen LogP) is 4.88. The second-order valence-electron chi connectivity index (χ2n) is 9.81. The fourth-order valence-electron chi connectivity index (χ4n) is 5.69. The molecule has 1 saturated heterocycles. The molecule has 0 unspecified atom stereocenters. The summed E-state index contributed by atoms with van der Waals surface area (Å²) in [5.74, 6) is 1.84. The lowest BCUT2D eigenvalue weighted by Crippen LogP contribution is -2.58. The van der Waals surface area contributed by atoms with E-state index in [4.69, 9.17) is 9.47 Å². The molecule has 1 aliphatic heterocycles. The molecule has 1 heterocycles. The molecule has 0 aromatic heterocycles. The van der Waals surface area contributed by atoms with E-state index in [1.54, 1.807) is 19.1 Å². The molecule has 1 atom stereocenters. The highest BCUT2D eigenvalue weighted by Gasteiger charge is 2.44. The molecule has 0 bridgehead atoms. The van der Waals surface area contributed by atoms with Gasteiger partial charge in [0, 0.05) is 18.2 Å². The van der Waals surface area contributed by atoms with Gasteiger partial charge in [-0.2, -0.15) is 0 Å². The highest BCUT2D eigenvalue weighted by atomic mass is 16.5. The second kappa shape index (κ2) is 10.6. The summed E-state index contributed by atoms with van der Waals surface area (Å²) >= 11 is 0. The maximum atomic E-state index is 14.0. The fourth-order valence-corrected chi connectivity index (χ4v) is 5.69. The molecule has 6 nitrogen and oxygen atoms in total. The molecule has 0 spiro atoms. The van der Waals surface area contributed by atoms with Crippen molar-refractivity contribution in [1.82, 2.24) is 9.80 Å². The molecule has 2 fully saturated rings. The van der Waals surface area contributed by atoms with Gasteiger partial charge >= 0.3 is 0 Å². The number of carbonyl (C=O) groups excluding carboxylic acids is 2. The van der Waals surface area contributed by atoms with Gasteiger partial charge in [-0.05, 0) is 69.8 Å².